The zero-order chi connectivity index (χ0) is 19.1. The number of unbranched alkanes of at least 4 members (excludes halogenated alkanes) is 1. The van der Waals surface area contributed by atoms with Crippen LogP contribution in [0.3, 0.4) is 0 Å². The third-order valence-electron chi connectivity index (χ3n) is 8.16. The van der Waals surface area contributed by atoms with Gasteiger partial charge in [-0.05, 0) is 79.2 Å². The van der Waals surface area contributed by atoms with Crippen molar-refractivity contribution < 1.29 is 0 Å². The molecule has 0 N–H and O–H groups in total. The Hall–Kier alpha value is -0.780. The highest BCUT2D eigenvalue weighted by atomic mass is 14.4. The van der Waals surface area contributed by atoms with Crippen LogP contribution in [0, 0.1) is 17.3 Å². The third kappa shape index (κ3) is 6.10. The summed E-state index contributed by atoms with van der Waals surface area (Å²) >= 11 is 0. The number of aryl methyl sites for hydroxylation is 1. The highest BCUT2D eigenvalue weighted by Gasteiger charge is 2.31. The fourth-order valence-corrected chi connectivity index (χ4v) is 5.76. The summed E-state index contributed by atoms with van der Waals surface area (Å²) in [6, 6.07) is 9.81. The summed E-state index contributed by atoms with van der Waals surface area (Å²) in [6.45, 7) is 7.23. The molecular weight excluding hydrogens is 324 g/mol. The molecule has 0 bridgehead atoms. The van der Waals surface area contributed by atoms with Crippen molar-refractivity contribution in [3.05, 3.63) is 35.4 Å². The summed E-state index contributed by atoms with van der Waals surface area (Å²) in [6.07, 6.45) is 19.9. The van der Waals surface area contributed by atoms with E-state index in [-0.39, 0.29) is 0 Å². The fraction of sp³-hybridized carbons (Fsp3) is 0.778. The lowest BCUT2D eigenvalue weighted by molar-refractivity contribution is 0.179. The maximum Gasteiger partial charge on any atom is -0.0162 e. The number of hydrogen-bond acceptors (Lipinski definition) is 0. The second-order valence-electron chi connectivity index (χ2n) is 10.3. The van der Waals surface area contributed by atoms with Crippen molar-refractivity contribution in [2.75, 3.05) is 0 Å². The van der Waals surface area contributed by atoms with Gasteiger partial charge >= 0.3 is 0 Å². The molecule has 0 heteroatoms. The van der Waals surface area contributed by atoms with Crippen LogP contribution >= 0.6 is 0 Å². The molecule has 27 heavy (non-hydrogen) atoms. The lowest BCUT2D eigenvalue weighted by Crippen LogP contribution is -2.23. The molecule has 2 aliphatic carbocycles. The molecule has 0 amide bonds. The molecular formula is C27H44. The molecule has 2 aliphatic rings. The van der Waals surface area contributed by atoms with E-state index in [4.69, 9.17) is 0 Å². The van der Waals surface area contributed by atoms with E-state index in [1.54, 1.807) is 11.1 Å². The predicted octanol–water partition coefficient (Wildman–Crippen LogP) is 8.69. The molecule has 0 saturated heterocycles. The van der Waals surface area contributed by atoms with Gasteiger partial charge in [-0.3, -0.25) is 0 Å². The number of rotatable bonds is 8. The Balaban J connectivity index is 1.43. The van der Waals surface area contributed by atoms with Gasteiger partial charge in [0.2, 0.25) is 0 Å². The molecule has 0 unspecified atom stereocenters. The number of hydrogen-bond donors (Lipinski definition) is 0. The fourth-order valence-electron chi connectivity index (χ4n) is 5.76. The highest BCUT2D eigenvalue weighted by Crippen LogP contribution is 2.45. The SMILES string of the molecule is CCCCC1(C)CCC(c2ccc(CCC3CCC(CC)CC3)cc2)CC1. The largest absolute Gasteiger partial charge is 0.0654 e. The summed E-state index contributed by atoms with van der Waals surface area (Å²) in [7, 11) is 0. The van der Waals surface area contributed by atoms with Crippen molar-refractivity contribution in [1.82, 2.24) is 0 Å². The van der Waals surface area contributed by atoms with Gasteiger partial charge in [0, 0.05) is 0 Å². The molecule has 2 saturated carbocycles. The van der Waals surface area contributed by atoms with E-state index in [1.807, 2.05) is 0 Å². The van der Waals surface area contributed by atoms with Crippen molar-refractivity contribution in [3.63, 3.8) is 0 Å². The summed E-state index contributed by atoms with van der Waals surface area (Å²) in [5.41, 5.74) is 3.81. The first-order valence-electron chi connectivity index (χ1n) is 12.2. The Morgan fingerprint density at radius 2 is 1.48 bits per heavy atom. The lowest BCUT2D eigenvalue weighted by atomic mass is 9.68. The van der Waals surface area contributed by atoms with E-state index in [2.05, 4.69) is 45.0 Å². The first-order chi connectivity index (χ1) is 13.1. The maximum absolute atomic E-state index is 2.54. The van der Waals surface area contributed by atoms with Crippen LogP contribution in [-0.2, 0) is 6.42 Å². The van der Waals surface area contributed by atoms with Crippen molar-refractivity contribution >= 4 is 0 Å². The van der Waals surface area contributed by atoms with Gasteiger partial charge < -0.3 is 0 Å². The summed E-state index contributed by atoms with van der Waals surface area (Å²) in [5, 5.41) is 0. The van der Waals surface area contributed by atoms with Crippen LogP contribution in [0.2, 0.25) is 0 Å². The van der Waals surface area contributed by atoms with E-state index in [0.717, 1.165) is 17.8 Å². The van der Waals surface area contributed by atoms with Gasteiger partial charge in [0.05, 0.1) is 0 Å². The summed E-state index contributed by atoms with van der Waals surface area (Å²) < 4.78 is 0. The minimum Gasteiger partial charge on any atom is -0.0654 e. The predicted molar refractivity (Wildman–Crippen MR) is 119 cm³/mol. The average molecular weight is 369 g/mol. The molecule has 0 radical (unpaired) electrons. The Morgan fingerprint density at radius 1 is 0.852 bits per heavy atom. The summed E-state index contributed by atoms with van der Waals surface area (Å²) in [4.78, 5) is 0. The van der Waals surface area contributed by atoms with Crippen LogP contribution < -0.4 is 0 Å². The van der Waals surface area contributed by atoms with Gasteiger partial charge in [0.25, 0.3) is 0 Å². The lowest BCUT2D eigenvalue weighted by Gasteiger charge is -2.37. The van der Waals surface area contributed by atoms with E-state index in [1.165, 1.54) is 89.9 Å². The minimum atomic E-state index is 0.628. The van der Waals surface area contributed by atoms with E-state index < -0.39 is 0 Å². The molecule has 1 aromatic rings. The first kappa shape index (κ1) is 20.9. The zero-order valence-electron chi connectivity index (χ0n) is 18.4. The molecule has 0 heterocycles. The summed E-state index contributed by atoms with van der Waals surface area (Å²) in [5.74, 6) is 2.84. The van der Waals surface area contributed by atoms with Gasteiger partial charge in [-0.15, -0.1) is 0 Å². The quantitative estimate of drug-likeness (QED) is 0.430. The topological polar surface area (TPSA) is 0 Å². The van der Waals surface area contributed by atoms with Gasteiger partial charge in [0.1, 0.15) is 0 Å². The van der Waals surface area contributed by atoms with E-state index >= 15 is 0 Å². The van der Waals surface area contributed by atoms with Crippen LogP contribution in [0.15, 0.2) is 24.3 Å². The zero-order valence-corrected chi connectivity index (χ0v) is 18.4. The van der Waals surface area contributed by atoms with Gasteiger partial charge in [0.15, 0.2) is 0 Å². The van der Waals surface area contributed by atoms with Crippen molar-refractivity contribution in [3.8, 4) is 0 Å². The van der Waals surface area contributed by atoms with E-state index in [0.29, 0.717) is 5.41 Å². The van der Waals surface area contributed by atoms with Crippen LogP contribution in [0.4, 0.5) is 0 Å². The second-order valence-corrected chi connectivity index (χ2v) is 10.3. The van der Waals surface area contributed by atoms with Gasteiger partial charge in [-0.2, -0.15) is 0 Å². The van der Waals surface area contributed by atoms with Crippen molar-refractivity contribution in [2.24, 2.45) is 17.3 Å². The Kier molecular flexibility index (Phi) is 7.86. The highest BCUT2D eigenvalue weighted by molar-refractivity contribution is 5.26. The average Bonchev–Trinajstić information content (AvgIpc) is 2.72. The molecule has 0 aliphatic heterocycles. The molecule has 0 spiro atoms. The molecule has 2 fully saturated rings. The second kappa shape index (κ2) is 10.1. The Morgan fingerprint density at radius 3 is 2.07 bits per heavy atom. The Bertz CT molecular complexity index is 524. The van der Waals surface area contributed by atoms with Crippen LogP contribution in [0.5, 0.6) is 0 Å². The normalized spacial score (nSPS) is 31.7. The molecule has 0 aromatic heterocycles. The molecule has 0 nitrogen and oxygen atoms in total. The standard InChI is InChI=1S/C27H44/c1-4-6-19-27(3)20-17-26(18-21-27)25-15-13-24(14-16-25)12-11-23-9-7-22(5-2)8-10-23/h13-16,22-23,26H,4-12,17-21H2,1-3H3. The minimum absolute atomic E-state index is 0.628. The molecule has 1 aromatic carbocycles. The van der Waals surface area contributed by atoms with E-state index in [9.17, 15) is 0 Å². The van der Waals surface area contributed by atoms with Crippen LogP contribution in [0.1, 0.15) is 121 Å². The van der Waals surface area contributed by atoms with Gasteiger partial charge in [-0.1, -0.05) is 90.0 Å². The third-order valence-corrected chi connectivity index (χ3v) is 8.16. The van der Waals surface area contributed by atoms with Gasteiger partial charge in [-0.25, -0.2) is 0 Å². The molecule has 152 valence electrons. The van der Waals surface area contributed by atoms with Crippen molar-refractivity contribution in [2.45, 2.75) is 117 Å². The first-order valence-corrected chi connectivity index (χ1v) is 12.2. The Labute approximate surface area is 169 Å². The van der Waals surface area contributed by atoms with Crippen molar-refractivity contribution in [1.29, 1.82) is 0 Å². The maximum atomic E-state index is 2.54. The molecule has 0 atom stereocenters. The molecule has 3 rings (SSSR count). The smallest absolute Gasteiger partial charge is 0.0162 e. The number of benzene rings is 1. The monoisotopic (exact) mass is 368 g/mol. The van der Waals surface area contributed by atoms with Crippen LogP contribution in [-0.4, -0.2) is 0 Å². The van der Waals surface area contributed by atoms with Crippen LogP contribution in [0.25, 0.3) is 0 Å².